The van der Waals surface area contributed by atoms with Crippen LogP contribution in [0.1, 0.15) is 19.3 Å². The average molecular weight is 696 g/mol. The highest BCUT2D eigenvalue weighted by Gasteiger charge is 2.47. The Morgan fingerprint density at radius 3 is 0.795 bits per heavy atom. The maximum Gasteiger partial charge on any atom is 0.501 e. The van der Waals surface area contributed by atoms with Gasteiger partial charge in [-0.15, -0.1) is 0 Å². The fraction of sp³-hybridized carbons (Fsp3) is 1.00. The minimum Gasteiger partial charge on any atom is -0.372 e. The maximum atomic E-state index is 14.8. The van der Waals surface area contributed by atoms with E-state index in [-0.39, 0.29) is 0 Å². The number of rotatable bonds is 12. The SMILES string of the molecule is O=P(CCC[Si]12OCCN(CCO1)CCO2)(CCC[Si]12OCCN(CCO1)CCO2)CCC[Si]12OCCN(CCO1)CCO2. The van der Waals surface area contributed by atoms with Gasteiger partial charge in [-0.2, -0.15) is 0 Å². The molecule has 9 aliphatic heterocycles. The normalized spacial score (nSPS) is 39.9. The third kappa shape index (κ3) is 9.51. The van der Waals surface area contributed by atoms with Gasteiger partial charge in [0.2, 0.25) is 0 Å². The molecule has 9 rings (SSSR count). The molecule has 0 atom stereocenters. The van der Waals surface area contributed by atoms with E-state index in [0.717, 1.165) is 78.2 Å². The lowest BCUT2D eigenvalue weighted by atomic mass is 10.4. The first-order chi connectivity index (χ1) is 21.5. The first kappa shape index (κ1) is 34.3. The molecule has 0 unspecified atom stereocenters. The van der Waals surface area contributed by atoms with E-state index in [9.17, 15) is 4.57 Å². The van der Waals surface area contributed by atoms with Crippen molar-refractivity contribution in [2.24, 2.45) is 0 Å². The zero-order chi connectivity index (χ0) is 30.2. The van der Waals surface area contributed by atoms with Crippen LogP contribution in [0.3, 0.4) is 0 Å². The van der Waals surface area contributed by atoms with Crippen LogP contribution in [0.4, 0.5) is 0 Å². The van der Waals surface area contributed by atoms with E-state index >= 15 is 0 Å². The summed E-state index contributed by atoms with van der Waals surface area (Å²) >= 11 is 0. The Bertz CT molecular complexity index is 767. The predicted octanol–water partition coefficient (Wildman–Crippen LogP) is 1.47. The molecule has 9 aliphatic rings. The van der Waals surface area contributed by atoms with Crippen molar-refractivity contribution in [3.05, 3.63) is 0 Å². The summed E-state index contributed by atoms with van der Waals surface area (Å²) in [5, 5.41) is 0. The molecule has 0 aromatic carbocycles. The molecule has 0 aromatic rings. The Morgan fingerprint density at radius 2 is 0.591 bits per heavy atom. The van der Waals surface area contributed by atoms with Gasteiger partial charge < -0.3 is 44.4 Å². The summed E-state index contributed by atoms with van der Waals surface area (Å²) in [6.07, 6.45) is 4.29. The van der Waals surface area contributed by atoms with Crippen molar-refractivity contribution in [2.75, 3.05) is 137 Å². The molecule has 0 radical (unpaired) electrons. The van der Waals surface area contributed by atoms with Crippen LogP contribution in [-0.4, -0.2) is 178 Å². The summed E-state index contributed by atoms with van der Waals surface area (Å²) in [5.41, 5.74) is 0. The average Bonchev–Trinajstić information content (AvgIpc) is 2.90. The number of hydrogen-bond acceptors (Lipinski definition) is 13. The molecule has 0 aromatic heterocycles. The topological polar surface area (TPSA) is 110 Å². The molecule has 9 saturated heterocycles. The highest BCUT2D eigenvalue weighted by atomic mass is 31.2. The first-order valence-corrected chi connectivity index (χ1v) is 25.0. The molecule has 17 heteroatoms. The lowest BCUT2D eigenvalue weighted by Gasteiger charge is -2.39. The van der Waals surface area contributed by atoms with E-state index in [1.54, 1.807) is 0 Å². The summed E-state index contributed by atoms with van der Waals surface area (Å²) in [6, 6.07) is 2.14. The Labute approximate surface area is 266 Å². The van der Waals surface area contributed by atoms with Crippen molar-refractivity contribution < 1.29 is 44.4 Å². The van der Waals surface area contributed by atoms with Crippen molar-refractivity contribution in [1.82, 2.24) is 14.7 Å². The van der Waals surface area contributed by atoms with Gasteiger partial charge in [0.15, 0.2) is 0 Å². The lowest BCUT2D eigenvalue weighted by Crippen LogP contribution is -2.55. The number of nitrogens with zero attached hydrogens (tertiary/aromatic N) is 3. The lowest BCUT2D eigenvalue weighted by molar-refractivity contribution is -0.00873. The van der Waals surface area contributed by atoms with Gasteiger partial charge in [0, 0.05) is 95.5 Å². The second-order valence-corrected chi connectivity index (χ2v) is 24.4. The van der Waals surface area contributed by atoms with Gasteiger partial charge in [-0.3, -0.25) is 14.7 Å². The Kier molecular flexibility index (Phi) is 12.6. The van der Waals surface area contributed by atoms with Crippen molar-refractivity contribution in [3.63, 3.8) is 0 Å². The van der Waals surface area contributed by atoms with Crippen LogP contribution in [0.15, 0.2) is 0 Å². The quantitative estimate of drug-likeness (QED) is 0.218. The van der Waals surface area contributed by atoms with E-state index in [2.05, 4.69) is 14.7 Å². The minimum atomic E-state index is -2.76. The highest BCUT2D eigenvalue weighted by Crippen LogP contribution is 2.50. The van der Waals surface area contributed by atoms with Crippen molar-refractivity contribution in [3.8, 4) is 0 Å². The van der Waals surface area contributed by atoms with Gasteiger partial charge in [0.05, 0.1) is 66.6 Å². The Hall–Kier alpha value is 0.401. The predicted molar refractivity (Wildman–Crippen MR) is 171 cm³/mol. The number of hydrogen-bond donors (Lipinski definition) is 0. The standard InChI is InChI=1S/C27H54N3O10PSi3/c31-41(22-1-25-42-32-13-4-28(5-14-33-42)6-15-34-42,23-2-26-43-35-16-7-29(8-17-36-43)9-18-37-43)24-3-27-44-38-19-10-30(11-20-39-44)12-21-40-44/h1-27H2. The summed E-state index contributed by atoms with van der Waals surface area (Å²) in [6.45, 7) is 14.0. The first-order valence-electron chi connectivity index (χ1n) is 17.0. The highest BCUT2D eigenvalue weighted by molar-refractivity contribution is 7.63. The monoisotopic (exact) mass is 695 g/mol. The molecule has 0 N–H and O–H groups in total. The van der Waals surface area contributed by atoms with Crippen LogP contribution in [0.25, 0.3) is 0 Å². The molecule has 0 saturated carbocycles. The minimum absolute atomic E-state index is 0.638. The molecular weight excluding hydrogens is 642 g/mol. The zero-order valence-electron chi connectivity index (χ0n) is 26.5. The van der Waals surface area contributed by atoms with E-state index in [1.807, 2.05) is 0 Å². The molecule has 254 valence electrons. The van der Waals surface area contributed by atoms with Crippen LogP contribution in [0.2, 0.25) is 18.1 Å². The summed E-state index contributed by atoms with van der Waals surface area (Å²) in [4.78, 5) is 6.99. The zero-order valence-corrected chi connectivity index (χ0v) is 30.4. The summed E-state index contributed by atoms with van der Waals surface area (Å²) < 4.78 is 71.3. The second-order valence-electron chi connectivity index (χ2n) is 12.7. The molecule has 0 amide bonds. The van der Waals surface area contributed by atoms with Gasteiger partial charge in [-0.1, -0.05) is 0 Å². The molecule has 13 nitrogen and oxygen atoms in total. The summed E-state index contributed by atoms with van der Waals surface area (Å²) in [5.74, 6) is 0. The van der Waals surface area contributed by atoms with Gasteiger partial charge >= 0.3 is 26.4 Å². The van der Waals surface area contributed by atoms with Crippen LogP contribution < -0.4 is 0 Å². The molecule has 9 fully saturated rings. The molecular formula is C27H54N3O10PSi3. The van der Waals surface area contributed by atoms with E-state index < -0.39 is 33.6 Å². The van der Waals surface area contributed by atoms with Crippen LogP contribution in [0, 0.1) is 0 Å². The Morgan fingerprint density at radius 1 is 0.386 bits per heavy atom. The largest absolute Gasteiger partial charge is 0.501 e. The van der Waals surface area contributed by atoms with E-state index in [1.165, 1.54) is 0 Å². The van der Waals surface area contributed by atoms with Crippen molar-refractivity contribution in [1.29, 1.82) is 0 Å². The van der Waals surface area contributed by atoms with Gasteiger partial charge in [-0.25, -0.2) is 0 Å². The van der Waals surface area contributed by atoms with Gasteiger partial charge in [-0.05, 0) is 19.3 Å². The molecule has 9 heterocycles. The van der Waals surface area contributed by atoms with Crippen LogP contribution >= 0.6 is 7.14 Å². The molecule has 6 bridgehead atoms. The van der Waals surface area contributed by atoms with Gasteiger partial charge in [0.25, 0.3) is 0 Å². The number of fused-ring (bicyclic) bond motifs is 18. The molecule has 0 spiro atoms. The van der Waals surface area contributed by atoms with E-state index in [4.69, 9.17) is 39.8 Å². The second kappa shape index (κ2) is 16.2. The van der Waals surface area contributed by atoms with E-state index in [0.29, 0.717) is 96.1 Å². The van der Waals surface area contributed by atoms with Gasteiger partial charge in [0.1, 0.15) is 0 Å². The Balaban J connectivity index is 1.07. The molecule has 0 aliphatic carbocycles. The molecule has 44 heavy (non-hydrogen) atoms. The third-order valence-electron chi connectivity index (χ3n) is 9.71. The van der Waals surface area contributed by atoms with Crippen LogP contribution in [-0.2, 0) is 44.4 Å². The van der Waals surface area contributed by atoms with Crippen LogP contribution in [0.5, 0.6) is 0 Å². The van der Waals surface area contributed by atoms with Crippen molar-refractivity contribution in [2.45, 2.75) is 37.4 Å². The smallest absolute Gasteiger partial charge is 0.372 e. The fourth-order valence-electron chi connectivity index (χ4n) is 7.09. The summed E-state index contributed by atoms with van der Waals surface area (Å²) in [7, 11) is -10.8. The fourth-order valence-corrected chi connectivity index (χ4v) is 18.4. The van der Waals surface area contributed by atoms with Crippen molar-refractivity contribution >= 4 is 33.6 Å². The maximum absolute atomic E-state index is 14.8. The third-order valence-corrected chi connectivity index (χ3v) is 21.8.